The van der Waals surface area contributed by atoms with Crippen molar-refractivity contribution in [1.29, 1.82) is 0 Å². The number of halogens is 1. The van der Waals surface area contributed by atoms with Crippen LogP contribution in [0.1, 0.15) is 46.5 Å². The minimum Gasteiger partial charge on any atom is -0.328 e. The second kappa shape index (κ2) is 5.52. The molecule has 0 aliphatic rings. The first-order valence-corrected chi connectivity index (χ1v) is 4.99. The highest BCUT2D eigenvalue weighted by atomic mass is 19.1. The summed E-state index contributed by atoms with van der Waals surface area (Å²) in [5.74, 6) is 0.104. The lowest BCUT2D eigenvalue weighted by atomic mass is 9.84. The summed E-state index contributed by atoms with van der Waals surface area (Å²) in [4.78, 5) is 0. The van der Waals surface area contributed by atoms with Gasteiger partial charge in [-0.15, -0.1) is 0 Å². The zero-order valence-corrected chi connectivity index (χ0v) is 8.57. The molecule has 0 aromatic rings. The van der Waals surface area contributed by atoms with E-state index in [4.69, 9.17) is 5.73 Å². The van der Waals surface area contributed by atoms with E-state index in [2.05, 4.69) is 6.92 Å². The van der Waals surface area contributed by atoms with Crippen molar-refractivity contribution in [3.63, 3.8) is 0 Å². The Hall–Kier alpha value is -0.110. The topological polar surface area (TPSA) is 26.0 Å². The van der Waals surface area contributed by atoms with Crippen LogP contribution in [-0.4, -0.2) is 12.2 Å². The van der Waals surface area contributed by atoms with Crippen molar-refractivity contribution in [3.8, 4) is 0 Å². The van der Waals surface area contributed by atoms with E-state index in [0.29, 0.717) is 6.42 Å². The van der Waals surface area contributed by atoms with Gasteiger partial charge in [0.2, 0.25) is 0 Å². The molecule has 12 heavy (non-hydrogen) atoms. The molecule has 2 unspecified atom stereocenters. The molecule has 1 nitrogen and oxygen atoms in total. The molecular formula is C10H22FN. The molecule has 2 heteroatoms. The Morgan fingerprint density at radius 1 is 1.33 bits per heavy atom. The zero-order chi connectivity index (χ0) is 9.61. The molecule has 0 rings (SSSR count). The Kier molecular flexibility index (Phi) is 5.47. The van der Waals surface area contributed by atoms with Gasteiger partial charge in [-0.25, -0.2) is 4.39 Å². The molecule has 0 heterocycles. The lowest BCUT2D eigenvalue weighted by molar-refractivity contribution is 0.0824. The van der Waals surface area contributed by atoms with Gasteiger partial charge in [-0.2, -0.15) is 0 Å². The summed E-state index contributed by atoms with van der Waals surface area (Å²) in [5.41, 5.74) is 4.33. The van der Waals surface area contributed by atoms with E-state index in [1.165, 1.54) is 0 Å². The highest BCUT2D eigenvalue weighted by Gasteiger charge is 2.32. The van der Waals surface area contributed by atoms with Gasteiger partial charge in [0.25, 0.3) is 0 Å². The van der Waals surface area contributed by atoms with Crippen LogP contribution in [0.15, 0.2) is 0 Å². The second-order valence-electron chi connectivity index (χ2n) is 3.68. The Bertz CT molecular complexity index is 116. The molecule has 2 atom stereocenters. The van der Waals surface area contributed by atoms with Crippen LogP contribution in [0.3, 0.4) is 0 Å². The van der Waals surface area contributed by atoms with Crippen LogP contribution in [0.25, 0.3) is 0 Å². The minimum atomic E-state index is -1.12. The van der Waals surface area contributed by atoms with E-state index in [-0.39, 0.29) is 12.5 Å². The molecule has 0 aromatic carbocycles. The monoisotopic (exact) mass is 175 g/mol. The first-order valence-electron chi connectivity index (χ1n) is 4.99. The molecule has 74 valence electrons. The van der Waals surface area contributed by atoms with Crippen LogP contribution < -0.4 is 5.73 Å². The van der Waals surface area contributed by atoms with Crippen molar-refractivity contribution in [1.82, 2.24) is 0 Å². The molecule has 0 spiro atoms. The SMILES string of the molecule is CCCC(C)C(F)(CN)CCC. The lowest BCUT2D eigenvalue weighted by Crippen LogP contribution is -2.39. The molecule has 0 aliphatic heterocycles. The van der Waals surface area contributed by atoms with E-state index in [1.54, 1.807) is 0 Å². The van der Waals surface area contributed by atoms with Gasteiger partial charge >= 0.3 is 0 Å². The van der Waals surface area contributed by atoms with Gasteiger partial charge in [-0.1, -0.05) is 33.6 Å². The third kappa shape index (κ3) is 3.10. The largest absolute Gasteiger partial charge is 0.328 e. The van der Waals surface area contributed by atoms with Crippen molar-refractivity contribution in [2.75, 3.05) is 6.54 Å². The predicted molar refractivity (Wildman–Crippen MR) is 51.9 cm³/mol. The maximum atomic E-state index is 14.0. The second-order valence-corrected chi connectivity index (χ2v) is 3.68. The number of hydrogen-bond acceptors (Lipinski definition) is 1. The van der Waals surface area contributed by atoms with Gasteiger partial charge in [-0.05, 0) is 18.8 Å². The van der Waals surface area contributed by atoms with Crippen LogP contribution in [0.4, 0.5) is 4.39 Å². The summed E-state index contributed by atoms with van der Waals surface area (Å²) >= 11 is 0. The summed E-state index contributed by atoms with van der Waals surface area (Å²) < 4.78 is 14.0. The average molecular weight is 175 g/mol. The van der Waals surface area contributed by atoms with Crippen molar-refractivity contribution in [2.45, 2.75) is 52.1 Å². The average Bonchev–Trinajstić information content (AvgIpc) is 2.05. The van der Waals surface area contributed by atoms with Gasteiger partial charge in [0.05, 0.1) is 0 Å². The number of alkyl halides is 1. The maximum Gasteiger partial charge on any atom is 0.125 e. The molecule has 0 bridgehead atoms. The molecule has 0 saturated carbocycles. The number of hydrogen-bond donors (Lipinski definition) is 1. The van der Waals surface area contributed by atoms with Gasteiger partial charge < -0.3 is 5.73 Å². The van der Waals surface area contributed by atoms with Gasteiger partial charge in [0.1, 0.15) is 5.67 Å². The van der Waals surface area contributed by atoms with E-state index in [9.17, 15) is 4.39 Å². The fraction of sp³-hybridized carbons (Fsp3) is 1.00. The Balaban J connectivity index is 4.08. The minimum absolute atomic E-state index is 0.104. The third-order valence-electron chi connectivity index (χ3n) is 2.61. The van der Waals surface area contributed by atoms with E-state index >= 15 is 0 Å². The number of nitrogens with two attached hydrogens (primary N) is 1. The van der Waals surface area contributed by atoms with Crippen LogP contribution >= 0.6 is 0 Å². The Labute approximate surface area is 75.5 Å². The smallest absolute Gasteiger partial charge is 0.125 e. The van der Waals surface area contributed by atoms with Crippen molar-refractivity contribution in [2.24, 2.45) is 11.7 Å². The van der Waals surface area contributed by atoms with Crippen LogP contribution in [-0.2, 0) is 0 Å². The molecule has 0 radical (unpaired) electrons. The first kappa shape index (κ1) is 11.9. The van der Waals surface area contributed by atoms with Crippen molar-refractivity contribution >= 4 is 0 Å². The zero-order valence-electron chi connectivity index (χ0n) is 8.57. The molecule has 0 fully saturated rings. The van der Waals surface area contributed by atoms with Crippen molar-refractivity contribution in [3.05, 3.63) is 0 Å². The molecular weight excluding hydrogens is 153 g/mol. The summed E-state index contributed by atoms with van der Waals surface area (Å²) in [5, 5.41) is 0. The van der Waals surface area contributed by atoms with Crippen LogP contribution in [0.2, 0.25) is 0 Å². The Morgan fingerprint density at radius 2 is 1.92 bits per heavy atom. The molecule has 0 aliphatic carbocycles. The third-order valence-corrected chi connectivity index (χ3v) is 2.61. The van der Waals surface area contributed by atoms with Crippen LogP contribution in [0, 0.1) is 5.92 Å². The fourth-order valence-corrected chi connectivity index (χ4v) is 1.66. The lowest BCUT2D eigenvalue weighted by Gasteiger charge is -2.29. The van der Waals surface area contributed by atoms with E-state index in [1.807, 2.05) is 13.8 Å². The molecule has 0 aromatic heterocycles. The molecule has 0 saturated heterocycles. The first-order chi connectivity index (χ1) is 5.60. The maximum absolute atomic E-state index is 14.0. The highest BCUT2D eigenvalue weighted by molar-refractivity contribution is 4.84. The van der Waals surface area contributed by atoms with E-state index in [0.717, 1.165) is 19.3 Å². The van der Waals surface area contributed by atoms with Gasteiger partial charge in [-0.3, -0.25) is 0 Å². The highest BCUT2D eigenvalue weighted by Crippen LogP contribution is 2.29. The van der Waals surface area contributed by atoms with Gasteiger partial charge in [0.15, 0.2) is 0 Å². The van der Waals surface area contributed by atoms with E-state index < -0.39 is 5.67 Å². The summed E-state index contributed by atoms with van der Waals surface area (Å²) in [7, 11) is 0. The normalized spacial score (nSPS) is 18.8. The van der Waals surface area contributed by atoms with Gasteiger partial charge in [0, 0.05) is 6.54 Å². The van der Waals surface area contributed by atoms with Crippen LogP contribution in [0.5, 0.6) is 0 Å². The standard InChI is InChI=1S/C10H22FN/c1-4-6-9(3)10(11,8-12)7-5-2/h9H,4-8,12H2,1-3H3. The van der Waals surface area contributed by atoms with Crippen molar-refractivity contribution < 1.29 is 4.39 Å². The summed E-state index contributed by atoms with van der Waals surface area (Å²) in [6.45, 7) is 6.22. The Morgan fingerprint density at radius 3 is 2.25 bits per heavy atom. The summed E-state index contributed by atoms with van der Waals surface area (Å²) in [6, 6.07) is 0. The predicted octanol–water partition coefficient (Wildman–Crippen LogP) is 2.89. The quantitative estimate of drug-likeness (QED) is 0.660. The molecule has 2 N–H and O–H groups in total. The molecule has 0 amide bonds. The fourth-order valence-electron chi connectivity index (χ4n) is 1.66. The summed E-state index contributed by atoms with van der Waals surface area (Å²) in [6.07, 6.45) is 3.46. The number of rotatable bonds is 6.